The molecule has 3 aromatic rings. The van der Waals surface area contributed by atoms with E-state index in [1.807, 2.05) is 9.97 Å². The van der Waals surface area contributed by atoms with Crippen molar-refractivity contribution in [3.05, 3.63) is 46.6 Å². The lowest BCUT2D eigenvalue weighted by Crippen LogP contribution is -1.90. The van der Waals surface area contributed by atoms with Crippen LogP contribution in [0.5, 0.6) is 0 Å². The highest BCUT2D eigenvalue weighted by atomic mass is 19.2. The van der Waals surface area contributed by atoms with Gasteiger partial charge >= 0.3 is 0 Å². The van der Waals surface area contributed by atoms with E-state index in [2.05, 4.69) is 29.9 Å². The maximum absolute atomic E-state index is 14.5. The number of fused-ring (bicyclic) bond motifs is 8. The van der Waals surface area contributed by atoms with Crippen molar-refractivity contribution >= 4 is 45.6 Å². The Morgan fingerprint density at radius 3 is 1.25 bits per heavy atom. The maximum atomic E-state index is 14.5. The van der Waals surface area contributed by atoms with Crippen molar-refractivity contribution in [3.8, 4) is 0 Å². The molecule has 8 bridgehead atoms. The Bertz CT molecular complexity index is 1450. The molecule has 3 aromatic heterocycles. The molecule has 2 aliphatic heterocycles. The lowest BCUT2D eigenvalue weighted by Gasteiger charge is -1.90. The molecule has 0 unspecified atom stereocenters. The molecule has 5 heterocycles. The third-order valence-corrected chi connectivity index (χ3v) is 4.43. The zero-order chi connectivity index (χ0) is 22.9. The molecule has 2 N–H and O–H groups in total. The first kappa shape index (κ1) is 19.8. The van der Waals surface area contributed by atoms with Gasteiger partial charge in [-0.15, -0.1) is 0 Å². The predicted molar refractivity (Wildman–Crippen MR) is 94.6 cm³/mol. The first-order chi connectivity index (χ1) is 15.2. The average Bonchev–Trinajstić information content (AvgIpc) is 3.37. The van der Waals surface area contributed by atoms with Crippen molar-refractivity contribution in [2.45, 2.75) is 6.92 Å². The molecule has 0 aliphatic carbocycles. The SMILES string of the molecule is CC1=C(F)c2nc1nc1nc(nc3[nH]c(nc4[nH]c(n2)c(F)c4F)c(F)c3F)C(F)=C1F. The third kappa shape index (κ3) is 2.77. The normalized spacial score (nSPS) is 14.0. The summed E-state index contributed by atoms with van der Waals surface area (Å²) in [6, 6.07) is 0. The quantitative estimate of drug-likeness (QED) is 0.496. The van der Waals surface area contributed by atoms with Gasteiger partial charge in [-0.05, 0) is 6.92 Å². The molecule has 0 atom stereocenters. The summed E-state index contributed by atoms with van der Waals surface area (Å²) in [6.45, 7) is 1.17. The van der Waals surface area contributed by atoms with Crippen LogP contribution in [0.1, 0.15) is 30.2 Å². The molecule has 0 saturated carbocycles. The molecular weight excluding hydrogens is 449 g/mol. The molecule has 0 spiro atoms. The van der Waals surface area contributed by atoms with Gasteiger partial charge in [-0.1, -0.05) is 0 Å². The van der Waals surface area contributed by atoms with E-state index in [1.54, 1.807) is 0 Å². The fourth-order valence-electron chi connectivity index (χ4n) is 2.82. The minimum absolute atomic E-state index is 0.284. The van der Waals surface area contributed by atoms with Crippen LogP contribution in [0.25, 0.3) is 45.6 Å². The number of hydrogen-bond acceptors (Lipinski definition) is 6. The van der Waals surface area contributed by atoms with Crippen molar-refractivity contribution in [1.29, 1.82) is 0 Å². The maximum Gasteiger partial charge on any atom is 0.207 e. The van der Waals surface area contributed by atoms with Crippen LogP contribution in [0.4, 0.5) is 30.7 Å². The van der Waals surface area contributed by atoms with Crippen LogP contribution >= 0.6 is 0 Å². The highest BCUT2D eigenvalue weighted by Crippen LogP contribution is 2.32. The minimum Gasteiger partial charge on any atom is -0.320 e. The number of aromatic amines is 2. The second kappa shape index (κ2) is 6.66. The van der Waals surface area contributed by atoms with Gasteiger partial charge in [-0.25, -0.2) is 34.3 Å². The summed E-state index contributed by atoms with van der Waals surface area (Å²) in [5.41, 5.74) is -4.02. The second-order valence-electron chi connectivity index (χ2n) is 6.43. The number of H-pyrrole nitrogens is 2. The largest absolute Gasteiger partial charge is 0.320 e. The second-order valence-corrected chi connectivity index (χ2v) is 6.43. The van der Waals surface area contributed by atoms with Gasteiger partial charge in [0.25, 0.3) is 0 Å². The number of hydrogen-bond donors (Lipinski definition) is 2. The molecule has 0 aromatic carbocycles. The lowest BCUT2D eigenvalue weighted by atomic mass is 10.3. The molecule has 0 amide bonds. The highest BCUT2D eigenvalue weighted by Gasteiger charge is 2.27. The first-order valence-corrected chi connectivity index (χ1v) is 8.51. The Balaban J connectivity index is 1.99. The third-order valence-electron chi connectivity index (χ3n) is 4.43. The number of aromatic nitrogens is 8. The molecule has 8 nitrogen and oxygen atoms in total. The summed E-state index contributed by atoms with van der Waals surface area (Å²) in [5.74, 6) is -14.2. The number of allylic oxidation sites excluding steroid dienone is 1. The summed E-state index contributed by atoms with van der Waals surface area (Å²) in [4.78, 5) is 25.0. The Hall–Kier alpha value is -4.17. The van der Waals surface area contributed by atoms with Crippen LogP contribution in [0.15, 0.2) is 0 Å². The van der Waals surface area contributed by atoms with Crippen molar-refractivity contribution < 1.29 is 30.7 Å². The zero-order valence-electron chi connectivity index (χ0n) is 15.3. The van der Waals surface area contributed by atoms with E-state index in [4.69, 9.17) is 0 Å². The fourth-order valence-corrected chi connectivity index (χ4v) is 2.82. The molecule has 0 radical (unpaired) electrons. The van der Waals surface area contributed by atoms with Crippen LogP contribution < -0.4 is 0 Å². The summed E-state index contributed by atoms with van der Waals surface area (Å²) >= 11 is 0. The Morgan fingerprint density at radius 1 is 0.438 bits per heavy atom. The predicted octanol–water partition coefficient (Wildman–Crippen LogP) is 4.07. The van der Waals surface area contributed by atoms with Crippen molar-refractivity contribution in [2.75, 3.05) is 0 Å². The van der Waals surface area contributed by atoms with E-state index in [1.165, 1.54) is 6.92 Å². The molecular formula is C17H5F7N8. The van der Waals surface area contributed by atoms with Crippen molar-refractivity contribution in [2.24, 2.45) is 0 Å². The van der Waals surface area contributed by atoms with Gasteiger partial charge in [-0.2, -0.15) is 26.3 Å². The summed E-state index contributed by atoms with van der Waals surface area (Å²) < 4.78 is 99.7. The number of nitrogens with one attached hydrogen (secondary N) is 2. The van der Waals surface area contributed by atoms with Crippen LogP contribution in [0.2, 0.25) is 0 Å². The van der Waals surface area contributed by atoms with Gasteiger partial charge in [0.05, 0.1) is 0 Å². The molecule has 5 rings (SSSR count). The monoisotopic (exact) mass is 454 g/mol. The summed E-state index contributed by atoms with van der Waals surface area (Å²) in [5, 5.41) is 0. The van der Waals surface area contributed by atoms with E-state index in [9.17, 15) is 30.7 Å². The van der Waals surface area contributed by atoms with E-state index < -0.39 is 86.6 Å². The van der Waals surface area contributed by atoms with Crippen LogP contribution in [-0.4, -0.2) is 39.9 Å². The van der Waals surface area contributed by atoms with E-state index in [0.717, 1.165) is 0 Å². The van der Waals surface area contributed by atoms with E-state index >= 15 is 0 Å². The van der Waals surface area contributed by atoms with Gasteiger partial charge in [0.2, 0.25) is 34.9 Å². The average molecular weight is 454 g/mol. The smallest absolute Gasteiger partial charge is 0.207 e. The van der Waals surface area contributed by atoms with Gasteiger partial charge < -0.3 is 9.97 Å². The van der Waals surface area contributed by atoms with Crippen molar-refractivity contribution in [1.82, 2.24) is 39.9 Å². The molecule has 162 valence electrons. The topological polar surface area (TPSA) is 109 Å². The highest BCUT2D eigenvalue weighted by molar-refractivity contribution is 5.86. The van der Waals surface area contributed by atoms with Crippen molar-refractivity contribution in [3.63, 3.8) is 0 Å². The van der Waals surface area contributed by atoms with Crippen LogP contribution in [0.3, 0.4) is 0 Å². The number of rotatable bonds is 0. The Labute approximate surface area is 170 Å². The van der Waals surface area contributed by atoms with Gasteiger partial charge in [-0.3, -0.25) is 0 Å². The van der Waals surface area contributed by atoms with Crippen LogP contribution in [-0.2, 0) is 0 Å². The summed E-state index contributed by atoms with van der Waals surface area (Å²) in [7, 11) is 0. The van der Waals surface area contributed by atoms with Gasteiger partial charge in [0.1, 0.15) is 0 Å². The van der Waals surface area contributed by atoms with Gasteiger partial charge in [0, 0.05) is 5.57 Å². The molecule has 2 aliphatic rings. The number of halogens is 7. The van der Waals surface area contributed by atoms with Gasteiger partial charge in [0.15, 0.2) is 51.7 Å². The Kier molecular flexibility index (Phi) is 4.12. The zero-order valence-corrected chi connectivity index (χ0v) is 15.3. The molecule has 0 fully saturated rings. The fraction of sp³-hybridized carbons (Fsp3) is 0.0588. The minimum atomic E-state index is -1.68. The van der Waals surface area contributed by atoms with Crippen LogP contribution in [0, 0.1) is 23.3 Å². The summed E-state index contributed by atoms with van der Waals surface area (Å²) in [6.07, 6.45) is 0. The first-order valence-electron chi connectivity index (χ1n) is 8.51. The Morgan fingerprint density at radius 2 is 0.781 bits per heavy atom. The standard InChI is InChI=1S/C17H5F7N8/c1-2-3(18)11-25-10(2)26-12-4(19)5(20)14(28-12)30-16-8(23)9(24)17(32-16)31-15-7(22)6(21)13(27-11)29-15/h1H3,(H2,25,26,27,28,29,30,31,32). The number of nitrogens with zero attached hydrogens (tertiary/aromatic N) is 6. The molecule has 0 saturated heterocycles. The van der Waals surface area contributed by atoms with E-state index in [-0.39, 0.29) is 5.57 Å². The van der Waals surface area contributed by atoms with E-state index in [0.29, 0.717) is 0 Å². The molecule has 32 heavy (non-hydrogen) atoms. The molecule has 15 heteroatoms. The lowest BCUT2D eigenvalue weighted by molar-refractivity contribution is 0.523.